The van der Waals surface area contributed by atoms with E-state index >= 15 is 0 Å². The van der Waals surface area contributed by atoms with Gasteiger partial charge in [0.05, 0.1) is 11.7 Å². The number of hydrogen-bond acceptors (Lipinski definition) is 4. The van der Waals surface area contributed by atoms with Gasteiger partial charge in [-0.3, -0.25) is 9.78 Å². The number of likely N-dealkylation sites (N-methyl/N-ethyl adjacent to an activating group) is 1. The van der Waals surface area contributed by atoms with Crippen LogP contribution in [0.1, 0.15) is 77.5 Å². The fourth-order valence-corrected chi connectivity index (χ4v) is 4.04. The smallest absolute Gasteiger partial charge is 0.326 e. The molecule has 0 radical (unpaired) electrons. The number of hydrogen-bond donors (Lipinski definition) is 1. The number of rotatable bonds is 14. The van der Waals surface area contributed by atoms with E-state index in [2.05, 4.69) is 14.5 Å². The highest BCUT2D eigenvalue weighted by molar-refractivity contribution is 5.83. The first-order valence-corrected chi connectivity index (χ1v) is 11.6. The van der Waals surface area contributed by atoms with Gasteiger partial charge in [0.25, 0.3) is 0 Å². The standard InChI is InChI=1S/C24H38N4O3/c1-18(2)16-22(24(30)31)27(4)23(29)12-10-8-6-5-7-9-11-15-28-19(3)26-20-17-25-14-13-21(20)28/h13-14,17-18,22H,5-12,15-16H2,1-4H3,(H,30,31)/t22-/m0/s1. The first-order valence-electron chi connectivity index (χ1n) is 11.6. The molecule has 7 nitrogen and oxygen atoms in total. The first kappa shape index (κ1) is 24.8. The van der Waals surface area contributed by atoms with Crippen LogP contribution >= 0.6 is 0 Å². The molecule has 2 rings (SSSR count). The van der Waals surface area contributed by atoms with E-state index in [1.54, 1.807) is 7.05 Å². The highest BCUT2D eigenvalue weighted by Crippen LogP contribution is 2.17. The van der Waals surface area contributed by atoms with Crippen molar-refractivity contribution in [3.63, 3.8) is 0 Å². The highest BCUT2D eigenvalue weighted by atomic mass is 16.4. The monoisotopic (exact) mass is 430 g/mol. The summed E-state index contributed by atoms with van der Waals surface area (Å²) in [6.07, 6.45) is 12.2. The minimum Gasteiger partial charge on any atom is -0.480 e. The van der Waals surface area contributed by atoms with Gasteiger partial charge in [0.2, 0.25) is 5.91 Å². The Balaban J connectivity index is 1.57. The van der Waals surface area contributed by atoms with Crippen LogP contribution < -0.4 is 0 Å². The highest BCUT2D eigenvalue weighted by Gasteiger charge is 2.26. The number of fused-ring (bicyclic) bond motifs is 1. The van der Waals surface area contributed by atoms with Gasteiger partial charge >= 0.3 is 5.97 Å². The number of aryl methyl sites for hydroxylation is 2. The van der Waals surface area contributed by atoms with Crippen LogP contribution in [0.15, 0.2) is 18.5 Å². The van der Waals surface area contributed by atoms with Crippen molar-refractivity contribution < 1.29 is 14.7 Å². The first-order chi connectivity index (χ1) is 14.8. The van der Waals surface area contributed by atoms with Gasteiger partial charge in [0.1, 0.15) is 17.4 Å². The van der Waals surface area contributed by atoms with Gasteiger partial charge < -0.3 is 14.6 Å². The van der Waals surface area contributed by atoms with Crippen molar-refractivity contribution in [3.8, 4) is 0 Å². The Labute approximate surface area is 185 Å². The topological polar surface area (TPSA) is 88.3 Å². The molecule has 0 aliphatic rings. The molecule has 1 N–H and O–H groups in total. The van der Waals surface area contributed by atoms with Crippen LogP contribution in [-0.2, 0) is 16.1 Å². The number of aliphatic carboxylic acids is 1. The number of unbranched alkanes of at least 4 members (excludes halogenated alkanes) is 6. The zero-order valence-corrected chi connectivity index (χ0v) is 19.5. The Morgan fingerprint density at radius 3 is 2.39 bits per heavy atom. The molecule has 0 bridgehead atoms. The van der Waals surface area contributed by atoms with E-state index in [1.165, 1.54) is 24.2 Å². The number of nitrogens with zero attached hydrogens (tertiary/aromatic N) is 4. The number of pyridine rings is 1. The normalized spacial score (nSPS) is 12.4. The molecule has 2 heterocycles. The molecule has 1 atom stereocenters. The van der Waals surface area contributed by atoms with E-state index in [0.29, 0.717) is 12.8 Å². The van der Waals surface area contributed by atoms with Crippen molar-refractivity contribution >= 4 is 22.9 Å². The molecule has 2 aromatic heterocycles. The van der Waals surface area contributed by atoms with Crippen LogP contribution in [0.25, 0.3) is 11.0 Å². The molecule has 0 aromatic carbocycles. The number of carbonyl (C=O) groups is 2. The Bertz CT molecular complexity index is 846. The molecule has 0 saturated carbocycles. The van der Waals surface area contributed by atoms with Crippen LogP contribution in [0.4, 0.5) is 0 Å². The fourth-order valence-electron chi connectivity index (χ4n) is 4.04. The Morgan fingerprint density at radius 1 is 1.10 bits per heavy atom. The Morgan fingerprint density at radius 2 is 1.74 bits per heavy atom. The number of carbonyl (C=O) groups excluding carboxylic acids is 1. The van der Waals surface area contributed by atoms with E-state index in [4.69, 9.17) is 0 Å². The molecule has 2 aromatic rings. The summed E-state index contributed by atoms with van der Waals surface area (Å²) in [5.41, 5.74) is 2.11. The average molecular weight is 431 g/mol. The Kier molecular flexibility index (Phi) is 9.95. The van der Waals surface area contributed by atoms with Crippen LogP contribution in [0.5, 0.6) is 0 Å². The summed E-state index contributed by atoms with van der Waals surface area (Å²) >= 11 is 0. The molecule has 31 heavy (non-hydrogen) atoms. The van der Waals surface area contributed by atoms with Gasteiger partial charge in [0.15, 0.2) is 0 Å². The number of aromatic nitrogens is 3. The second-order valence-corrected chi connectivity index (χ2v) is 8.89. The van der Waals surface area contributed by atoms with E-state index < -0.39 is 12.0 Å². The summed E-state index contributed by atoms with van der Waals surface area (Å²) in [5.74, 6) is 0.298. The molecule has 0 aliphatic carbocycles. The van der Waals surface area contributed by atoms with Crippen LogP contribution in [0.2, 0.25) is 0 Å². The molecule has 7 heteroatoms. The molecule has 0 fully saturated rings. The predicted molar refractivity (Wildman–Crippen MR) is 123 cm³/mol. The van der Waals surface area contributed by atoms with Gasteiger partial charge in [-0.15, -0.1) is 0 Å². The lowest BCUT2D eigenvalue weighted by atomic mass is 10.0. The zero-order chi connectivity index (χ0) is 22.8. The van der Waals surface area contributed by atoms with Crippen LogP contribution in [0.3, 0.4) is 0 Å². The molecule has 0 saturated heterocycles. The molecule has 1 amide bonds. The third-order valence-electron chi connectivity index (χ3n) is 5.85. The SMILES string of the molecule is Cc1nc2cnccc2n1CCCCCCCCCC(=O)N(C)[C@@H](CC(C)C)C(=O)O. The summed E-state index contributed by atoms with van der Waals surface area (Å²) < 4.78 is 2.27. The number of carboxylic acids is 1. The molecule has 172 valence electrons. The van der Waals surface area contributed by atoms with E-state index in [0.717, 1.165) is 49.1 Å². The fraction of sp³-hybridized carbons (Fsp3) is 0.667. The van der Waals surface area contributed by atoms with Gasteiger partial charge in [0, 0.05) is 26.2 Å². The predicted octanol–water partition coefficient (Wildman–Crippen LogP) is 4.82. The summed E-state index contributed by atoms with van der Waals surface area (Å²) in [5, 5.41) is 9.38. The third-order valence-corrected chi connectivity index (χ3v) is 5.85. The van der Waals surface area contributed by atoms with Gasteiger partial charge in [-0.1, -0.05) is 46.0 Å². The minimum absolute atomic E-state index is 0.0637. The van der Waals surface area contributed by atoms with E-state index in [9.17, 15) is 14.7 Å². The quantitative estimate of drug-likeness (QED) is 0.434. The van der Waals surface area contributed by atoms with Gasteiger partial charge in [-0.05, 0) is 38.2 Å². The second kappa shape index (κ2) is 12.4. The molecular weight excluding hydrogens is 392 g/mol. The number of amides is 1. The zero-order valence-electron chi connectivity index (χ0n) is 19.5. The van der Waals surface area contributed by atoms with Crippen molar-refractivity contribution in [2.45, 2.75) is 91.1 Å². The van der Waals surface area contributed by atoms with E-state index in [1.807, 2.05) is 39.2 Å². The van der Waals surface area contributed by atoms with Crippen LogP contribution in [-0.4, -0.2) is 49.5 Å². The lowest BCUT2D eigenvalue weighted by Gasteiger charge is -2.26. The van der Waals surface area contributed by atoms with Crippen molar-refractivity contribution in [1.29, 1.82) is 0 Å². The number of carboxylic acid groups (broad SMARTS) is 1. The average Bonchev–Trinajstić information content (AvgIpc) is 3.04. The van der Waals surface area contributed by atoms with Crippen molar-refractivity contribution in [1.82, 2.24) is 19.4 Å². The van der Waals surface area contributed by atoms with Gasteiger partial charge in [-0.2, -0.15) is 0 Å². The lowest BCUT2D eigenvalue weighted by Crippen LogP contribution is -2.43. The van der Waals surface area contributed by atoms with Crippen molar-refractivity contribution in [2.75, 3.05) is 7.05 Å². The molecule has 0 spiro atoms. The van der Waals surface area contributed by atoms with Crippen molar-refractivity contribution in [3.05, 3.63) is 24.3 Å². The maximum absolute atomic E-state index is 12.3. The summed E-state index contributed by atoms with van der Waals surface area (Å²) in [7, 11) is 1.62. The van der Waals surface area contributed by atoms with Gasteiger partial charge in [-0.25, -0.2) is 9.78 Å². The molecule has 0 aliphatic heterocycles. The summed E-state index contributed by atoms with van der Waals surface area (Å²) in [4.78, 5) is 33.9. The van der Waals surface area contributed by atoms with E-state index in [-0.39, 0.29) is 11.8 Å². The maximum Gasteiger partial charge on any atom is 0.326 e. The number of imidazole rings is 1. The second-order valence-electron chi connectivity index (χ2n) is 8.89. The van der Waals surface area contributed by atoms with Crippen molar-refractivity contribution in [2.24, 2.45) is 5.92 Å². The Hall–Kier alpha value is -2.44. The van der Waals surface area contributed by atoms with Crippen LogP contribution in [0, 0.1) is 12.8 Å². The summed E-state index contributed by atoms with van der Waals surface area (Å²) in [6.45, 7) is 6.98. The maximum atomic E-state index is 12.3. The lowest BCUT2D eigenvalue weighted by molar-refractivity contribution is -0.149. The third kappa shape index (κ3) is 7.64. The molecular formula is C24H38N4O3. The minimum atomic E-state index is -0.917. The largest absolute Gasteiger partial charge is 0.480 e. The molecule has 0 unspecified atom stereocenters. The summed E-state index contributed by atoms with van der Waals surface area (Å²) in [6, 6.07) is 1.30.